The summed E-state index contributed by atoms with van der Waals surface area (Å²) in [4.78, 5) is 17.6. The van der Waals surface area contributed by atoms with Crippen molar-refractivity contribution in [3.63, 3.8) is 0 Å². The molecule has 4 aromatic rings. The molecule has 2 aromatic carbocycles. The molecule has 0 aliphatic carbocycles. The lowest BCUT2D eigenvalue weighted by atomic mass is 10.1. The van der Waals surface area contributed by atoms with Crippen LogP contribution < -0.4 is 10.6 Å². The van der Waals surface area contributed by atoms with Crippen molar-refractivity contribution in [3.05, 3.63) is 89.8 Å². The molecule has 8 nitrogen and oxygen atoms in total. The Morgan fingerprint density at radius 1 is 1.07 bits per heavy atom. The number of nitrogens with one attached hydrogen (secondary N) is 2. The minimum absolute atomic E-state index is 0.0478. The summed E-state index contributed by atoms with van der Waals surface area (Å²) in [7, 11) is -1.94. The number of pyridine rings is 1. The molecule has 0 spiro atoms. The highest BCUT2D eigenvalue weighted by Gasteiger charge is 2.37. The molecular formula is C30H36F2N6O2Si. The molecule has 0 aliphatic heterocycles. The normalized spacial score (nSPS) is 12.7. The zero-order chi connectivity index (χ0) is 29.8. The van der Waals surface area contributed by atoms with Crippen molar-refractivity contribution < 1.29 is 18.0 Å². The number of carbonyl (C=O) groups excluding carboxylic acids is 1. The topological polar surface area (TPSA) is 94.0 Å². The van der Waals surface area contributed by atoms with Gasteiger partial charge in [0.1, 0.15) is 29.5 Å². The molecule has 1 atom stereocenters. The van der Waals surface area contributed by atoms with Crippen LogP contribution in [0.5, 0.6) is 0 Å². The van der Waals surface area contributed by atoms with Crippen molar-refractivity contribution in [2.24, 2.45) is 0 Å². The molecule has 0 bridgehead atoms. The fourth-order valence-corrected chi connectivity index (χ4v) is 4.89. The number of halogens is 2. The molecular weight excluding hydrogens is 542 g/mol. The van der Waals surface area contributed by atoms with Crippen molar-refractivity contribution in [3.8, 4) is 11.5 Å². The van der Waals surface area contributed by atoms with Gasteiger partial charge in [0, 0.05) is 12.2 Å². The third-order valence-corrected chi connectivity index (χ3v) is 11.9. The van der Waals surface area contributed by atoms with Crippen LogP contribution in [0.1, 0.15) is 49.7 Å². The number of amides is 1. The number of nitrogens with zero attached hydrogens (tertiary/aromatic N) is 4. The van der Waals surface area contributed by atoms with E-state index in [0.717, 1.165) is 5.56 Å². The van der Waals surface area contributed by atoms with Crippen LogP contribution in [0.4, 0.5) is 20.3 Å². The molecule has 41 heavy (non-hydrogen) atoms. The first kappa shape index (κ1) is 30.0. The van der Waals surface area contributed by atoms with Gasteiger partial charge in [-0.15, -0.1) is 10.2 Å². The lowest BCUT2D eigenvalue weighted by Gasteiger charge is -2.37. The quantitative estimate of drug-likeness (QED) is 0.196. The predicted octanol–water partition coefficient (Wildman–Crippen LogP) is 7.07. The second-order valence-electron chi connectivity index (χ2n) is 11.5. The van der Waals surface area contributed by atoms with Gasteiger partial charge in [-0.05, 0) is 73.1 Å². The Morgan fingerprint density at radius 2 is 1.80 bits per heavy atom. The highest BCUT2D eigenvalue weighted by atomic mass is 28.4. The van der Waals surface area contributed by atoms with E-state index in [2.05, 4.69) is 59.7 Å². The monoisotopic (exact) mass is 578 g/mol. The van der Waals surface area contributed by atoms with Crippen LogP contribution in [-0.4, -0.2) is 40.6 Å². The summed E-state index contributed by atoms with van der Waals surface area (Å²) in [5.74, 6) is -0.851. The van der Waals surface area contributed by atoms with Gasteiger partial charge in [-0.2, -0.15) is 0 Å². The Morgan fingerprint density at radius 3 is 2.51 bits per heavy atom. The van der Waals surface area contributed by atoms with Crippen LogP contribution in [0.25, 0.3) is 11.5 Å². The maximum atomic E-state index is 14.6. The summed E-state index contributed by atoms with van der Waals surface area (Å²) in [6.45, 7) is 13.9. The third-order valence-electron chi connectivity index (χ3n) is 7.38. The first-order valence-electron chi connectivity index (χ1n) is 13.4. The Labute approximate surface area is 240 Å². The van der Waals surface area contributed by atoms with Crippen LogP contribution in [0.2, 0.25) is 18.1 Å². The number of hydrogen-bond donors (Lipinski definition) is 2. The molecule has 2 aromatic heterocycles. The van der Waals surface area contributed by atoms with Gasteiger partial charge in [0.2, 0.25) is 0 Å². The molecule has 1 amide bonds. The molecule has 0 unspecified atom stereocenters. The third kappa shape index (κ3) is 7.41. The van der Waals surface area contributed by atoms with E-state index in [9.17, 15) is 13.6 Å². The van der Waals surface area contributed by atoms with Crippen molar-refractivity contribution in [2.75, 3.05) is 17.2 Å². The Balaban J connectivity index is 1.46. The van der Waals surface area contributed by atoms with Gasteiger partial charge in [-0.1, -0.05) is 39.0 Å². The summed E-state index contributed by atoms with van der Waals surface area (Å²) in [6, 6.07) is 15.3. The second kappa shape index (κ2) is 12.3. The van der Waals surface area contributed by atoms with Gasteiger partial charge in [-0.25, -0.2) is 13.8 Å². The van der Waals surface area contributed by atoms with E-state index >= 15 is 0 Å². The molecule has 11 heteroatoms. The average molecular weight is 579 g/mol. The Bertz CT molecular complexity index is 1500. The highest BCUT2D eigenvalue weighted by molar-refractivity contribution is 6.74. The van der Waals surface area contributed by atoms with Gasteiger partial charge < -0.3 is 19.6 Å². The van der Waals surface area contributed by atoms with Gasteiger partial charge in [0.25, 0.3) is 5.91 Å². The first-order valence-corrected chi connectivity index (χ1v) is 16.3. The first-order chi connectivity index (χ1) is 19.3. The smallest absolute Gasteiger partial charge is 0.259 e. The van der Waals surface area contributed by atoms with Gasteiger partial charge >= 0.3 is 0 Å². The SMILES string of the molecule is C[C@H](CO[Si](C)(C)C(C)(C)C)n1cnnc1-c1cccc(NC(=O)c2cc(NCc3ccc(F)cc3)ccc2F)n1. The van der Waals surface area contributed by atoms with Gasteiger partial charge in [0.15, 0.2) is 14.1 Å². The molecule has 0 radical (unpaired) electrons. The summed E-state index contributed by atoms with van der Waals surface area (Å²) >= 11 is 0. The number of rotatable bonds is 10. The van der Waals surface area contributed by atoms with E-state index in [1.54, 1.807) is 36.7 Å². The minimum Gasteiger partial charge on any atom is -0.415 e. The van der Waals surface area contributed by atoms with Crippen molar-refractivity contribution in [2.45, 2.75) is 58.4 Å². The van der Waals surface area contributed by atoms with Crippen LogP contribution in [-0.2, 0) is 11.0 Å². The fourth-order valence-electron chi connectivity index (χ4n) is 3.80. The summed E-state index contributed by atoms with van der Waals surface area (Å²) in [5.41, 5.74) is 1.76. The lowest BCUT2D eigenvalue weighted by molar-refractivity contribution is 0.102. The number of carbonyl (C=O) groups is 1. The molecule has 2 N–H and O–H groups in total. The second-order valence-corrected chi connectivity index (χ2v) is 16.3. The zero-order valence-corrected chi connectivity index (χ0v) is 25.2. The Hall–Kier alpha value is -3.96. The largest absolute Gasteiger partial charge is 0.415 e. The summed E-state index contributed by atoms with van der Waals surface area (Å²) in [5, 5.41) is 14.2. The van der Waals surface area contributed by atoms with Crippen LogP contribution >= 0.6 is 0 Å². The predicted molar refractivity (Wildman–Crippen MR) is 159 cm³/mol. The van der Waals surface area contributed by atoms with Crippen LogP contribution in [0.15, 0.2) is 67.0 Å². The Kier molecular flexibility index (Phi) is 8.98. The molecule has 0 fully saturated rings. The molecule has 216 valence electrons. The maximum Gasteiger partial charge on any atom is 0.259 e. The molecule has 0 aliphatic rings. The minimum atomic E-state index is -1.94. The molecule has 4 rings (SSSR count). The molecule has 0 saturated carbocycles. The lowest BCUT2D eigenvalue weighted by Crippen LogP contribution is -2.42. The van der Waals surface area contributed by atoms with E-state index in [0.29, 0.717) is 30.4 Å². The number of benzene rings is 2. The number of aromatic nitrogens is 4. The van der Waals surface area contributed by atoms with Crippen LogP contribution in [0.3, 0.4) is 0 Å². The van der Waals surface area contributed by atoms with E-state index in [4.69, 9.17) is 4.43 Å². The standard InChI is InChI=1S/C30H36F2N6O2Si/c1-20(18-40-41(5,6)30(2,3)4)38-19-34-37-28(38)26-8-7-9-27(35-26)36-29(39)24-16-23(14-15-25(24)32)33-17-21-10-12-22(31)13-11-21/h7-16,19-20,33H,17-18H2,1-6H3,(H,35,36,39)/t20-/m1/s1. The van der Waals surface area contributed by atoms with E-state index in [1.807, 2.05) is 11.5 Å². The average Bonchev–Trinajstić information content (AvgIpc) is 3.42. The molecule has 2 heterocycles. The van der Waals surface area contributed by atoms with Gasteiger partial charge in [0.05, 0.1) is 18.2 Å². The highest BCUT2D eigenvalue weighted by Crippen LogP contribution is 2.37. The summed E-state index contributed by atoms with van der Waals surface area (Å²) in [6.07, 6.45) is 1.64. The van der Waals surface area contributed by atoms with E-state index in [-0.39, 0.29) is 28.3 Å². The zero-order valence-electron chi connectivity index (χ0n) is 24.2. The van der Waals surface area contributed by atoms with E-state index < -0.39 is 20.0 Å². The van der Waals surface area contributed by atoms with Crippen molar-refractivity contribution in [1.82, 2.24) is 19.7 Å². The fraction of sp³-hybridized carbons (Fsp3) is 0.333. The van der Waals surface area contributed by atoms with Crippen molar-refractivity contribution >= 4 is 25.7 Å². The van der Waals surface area contributed by atoms with Gasteiger partial charge in [-0.3, -0.25) is 4.79 Å². The summed E-state index contributed by atoms with van der Waals surface area (Å²) < 4.78 is 36.1. The van der Waals surface area contributed by atoms with Crippen molar-refractivity contribution in [1.29, 1.82) is 0 Å². The maximum absolute atomic E-state index is 14.6. The van der Waals surface area contributed by atoms with Crippen LogP contribution in [0, 0.1) is 11.6 Å². The number of hydrogen-bond acceptors (Lipinski definition) is 6. The van der Waals surface area contributed by atoms with E-state index in [1.165, 1.54) is 30.3 Å². The number of anilines is 2. The molecule has 0 saturated heterocycles.